The third-order valence-corrected chi connectivity index (χ3v) is 3.55. The second-order valence-electron chi connectivity index (χ2n) is 5.52. The summed E-state index contributed by atoms with van der Waals surface area (Å²) in [6.07, 6.45) is 13.3. The lowest BCUT2D eigenvalue weighted by Crippen LogP contribution is -2.24. The normalized spacial score (nSPS) is 12.8. The van der Waals surface area contributed by atoms with Crippen molar-refractivity contribution in [1.29, 1.82) is 0 Å². The van der Waals surface area contributed by atoms with Gasteiger partial charge in [0.25, 0.3) is 0 Å². The molecule has 0 rings (SSSR count). The lowest BCUT2D eigenvalue weighted by molar-refractivity contribution is -0.0384. The van der Waals surface area contributed by atoms with Crippen molar-refractivity contribution in [2.75, 3.05) is 26.4 Å². The fourth-order valence-electron chi connectivity index (χ4n) is 2.30. The summed E-state index contributed by atoms with van der Waals surface area (Å²) in [5, 5.41) is 9.03. The molecule has 0 radical (unpaired) electrons. The van der Waals surface area contributed by atoms with Crippen LogP contribution in [0.25, 0.3) is 0 Å². The number of rotatable bonds is 16. The predicted molar refractivity (Wildman–Crippen MR) is 85.2 cm³/mol. The van der Waals surface area contributed by atoms with Gasteiger partial charge < -0.3 is 14.6 Å². The van der Waals surface area contributed by atoms with Gasteiger partial charge in [0.2, 0.25) is 0 Å². The minimum Gasteiger partial charge on any atom is -0.394 e. The standard InChI is InChI=1S/C17H36O3/c1-3-5-6-7-8-9-10-11-12-13-14-19-16-17(15-18)20-4-2/h17-18H,3-16H2,1-2H3. The maximum Gasteiger partial charge on any atom is 0.104 e. The van der Waals surface area contributed by atoms with E-state index < -0.39 is 0 Å². The first-order valence-electron chi connectivity index (χ1n) is 8.65. The molecule has 0 spiro atoms. The molecule has 0 aliphatic rings. The van der Waals surface area contributed by atoms with Crippen molar-refractivity contribution in [2.24, 2.45) is 0 Å². The summed E-state index contributed by atoms with van der Waals surface area (Å²) in [6.45, 7) is 6.19. The predicted octanol–water partition coefficient (Wildman–Crippen LogP) is 4.32. The van der Waals surface area contributed by atoms with Crippen molar-refractivity contribution < 1.29 is 14.6 Å². The third-order valence-electron chi connectivity index (χ3n) is 3.55. The van der Waals surface area contributed by atoms with Crippen molar-refractivity contribution in [3.63, 3.8) is 0 Å². The molecular weight excluding hydrogens is 252 g/mol. The summed E-state index contributed by atoms with van der Waals surface area (Å²) in [5.41, 5.74) is 0. The summed E-state index contributed by atoms with van der Waals surface area (Å²) < 4.78 is 10.8. The Labute approximate surface area is 126 Å². The maximum absolute atomic E-state index is 9.03. The maximum atomic E-state index is 9.03. The molecule has 0 saturated heterocycles. The first-order chi connectivity index (χ1) is 9.85. The van der Waals surface area contributed by atoms with E-state index in [4.69, 9.17) is 14.6 Å². The van der Waals surface area contributed by atoms with Crippen LogP contribution in [0.15, 0.2) is 0 Å². The van der Waals surface area contributed by atoms with Crippen LogP contribution in [-0.4, -0.2) is 37.6 Å². The minimum atomic E-state index is -0.150. The monoisotopic (exact) mass is 288 g/mol. The van der Waals surface area contributed by atoms with Crippen LogP contribution in [0, 0.1) is 0 Å². The third kappa shape index (κ3) is 14.3. The van der Waals surface area contributed by atoms with E-state index in [0.717, 1.165) is 13.0 Å². The van der Waals surface area contributed by atoms with E-state index in [1.807, 2.05) is 6.92 Å². The Morgan fingerprint density at radius 2 is 1.35 bits per heavy atom. The number of hydrogen-bond donors (Lipinski definition) is 1. The largest absolute Gasteiger partial charge is 0.394 e. The fourth-order valence-corrected chi connectivity index (χ4v) is 2.30. The van der Waals surface area contributed by atoms with Gasteiger partial charge in [-0.05, 0) is 13.3 Å². The van der Waals surface area contributed by atoms with Crippen molar-refractivity contribution in [2.45, 2.75) is 84.2 Å². The van der Waals surface area contributed by atoms with Gasteiger partial charge in [-0.1, -0.05) is 64.7 Å². The highest BCUT2D eigenvalue weighted by molar-refractivity contribution is 4.53. The summed E-state index contributed by atoms with van der Waals surface area (Å²) >= 11 is 0. The van der Waals surface area contributed by atoms with Crippen LogP contribution in [0.1, 0.15) is 78.1 Å². The number of unbranched alkanes of at least 4 members (excludes halogenated alkanes) is 9. The van der Waals surface area contributed by atoms with Crippen LogP contribution in [0.3, 0.4) is 0 Å². The van der Waals surface area contributed by atoms with Crippen molar-refractivity contribution in [1.82, 2.24) is 0 Å². The van der Waals surface area contributed by atoms with Gasteiger partial charge in [-0.25, -0.2) is 0 Å². The second-order valence-corrected chi connectivity index (χ2v) is 5.52. The van der Waals surface area contributed by atoms with Gasteiger partial charge in [0.05, 0.1) is 13.2 Å². The smallest absolute Gasteiger partial charge is 0.104 e. The van der Waals surface area contributed by atoms with Crippen molar-refractivity contribution in [3.8, 4) is 0 Å². The zero-order chi connectivity index (χ0) is 14.9. The first-order valence-corrected chi connectivity index (χ1v) is 8.65. The second kappa shape index (κ2) is 16.9. The van der Waals surface area contributed by atoms with E-state index in [2.05, 4.69) is 6.92 Å². The Morgan fingerprint density at radius 1 is 0.800 bits per heavy atom. The Balaban J connectivity index is 3.09. The number of ether oxygens (including phenoxy) is 2. The SMILES string of the molecule is CCCCCCCCCCCCOCC(CO)OCC. The van der Waals surface area contributed by atoms with Gasteiger partial charge in [0, 0.05) is 13.2 Å². The minimum absolute atomic E-state index is 0.0475. The molecule has 1 N–H and O–H groups in total. The van der Waals surface area contributed by atoms with Gasteiger partial charge in [-0.15, -0.1) is 0 Å². The quantitative estimate of drug-likeness (QED) is 0.430. The molecule has 3 heteroatoms. The highest BCUT2D eigenvalue weighted by Crippen LogP contribution is 2.10. The molecule has 122 valence electrons. The summed E-state index contributed by atoms with van der Waals surface area (Å²) in [7, 11) is 0. The number of hydrogen-bond acceptors (Lipinski definition) is 3. The molecule has 0 saturated carbocycles. The average molecular weight is 288 g/mol. The van der Waals surface area contributed by atoms with E-state index >= 15 is 0 Å². The Kier molecular flexibility index (Phi) is 16.8. The summed E-state index contributed by atoms with van der Waals surface area (Å²) in [4.78, 5) is 0. The Morgan fingerprint density at radius 3 is 1.85 bits per heavy atom. The molecule has 0 aromatic carbocycles. The van der Waals surface area contributed by atoms with Gasteiger partial charge in [-0.2, -0.15) is 0 Å². The van der Waals surface area contributed by atoms with E-state index in [1.54, 1.807) is 0 Å². The fraction of sp³-hybridized carbons (Fsp3) is 1.00. The van der Waals surface area contributed by atoms with Crippen LogP contribution in [0.4, 0.5) is 0 Å². The van der Waals surface area contributed by atoms with Gasteiger partial charge in [-0.3, -0.25) is 0 Å². The Hall–Kier alpha value is -0.120. The molecule has 1 atom stereocenters. The summed E-state index contributed by atoms with van der Waals surface area (Å²) in [5.74, 6) is 0. The molecule has 0 aliphatic carbocycles. The van der Waals surface area contributed by atoms with Crippen LogP contribution >= 0.6 is 0 Å². The molecule has 0 fully saturated rings. The van der Waals surface area contributed by atoms with Gasteiger partial charge >= 0.3 is 0 Å². The highest BCUT2D eigenvalue weighted by atomic mass is 16.5. The molecule has 0 aromatic heterocycles. The topological polar surface area (TPSA) is 38.7 Å². The zero-order valence-corrected chi connectivity index (χ0v) is 13.7. The van der Waals surface area contributed by atoms with Crippen LogP contribution < -0.4 is 0 Å². The van der Waals surface area contributed by atoms with E-state index in [0.29, 0.717) is 13.2 Å². The van der Waals surface area contributed by atoms with Crippen LogP contribution in [0.2, 0.25) is 0 Å². The molecule has 20 heavy (non-hydrogen) atoms. The molecule has 0 aliphatic heterocycles. The average Bonchev–Trinajstić information content (AvgIpc) is 2.47. The lowest BCUT2D eigenvalue weighted by Gasteiger charge is -2.14. The van der Waals surface area contributed by atoms with Crippen LogP contribution in [-0.2, 0) is 9.47 Å². The zero-order valence-electron chi connectivity index (χ0n) is 13.7. The summed E-state index contributed by atoms with van der Waals surface area (Å²) in [6, 6.07) is 0. The van der Waals surface area contributed by atoms with Gasteiger partial charge in [0.1, 0.15) is 6.10 Å². The van der Waals surface area contributed by atoms with Crippen LogP contribution in [0.5, 0.6) is 0 Å². The molecule has 0 aromatic rings. The molecular formula is C17H36O3. The molecule has 1 unspecified atom stereocenters. The Bertz CT molecular complexity index is 174. The lowest BCUT2D eigenvalue weighted by atomic mass is 10.1. The first kappa shape index (κ1) is 19.9. The van der Waals surface area contributed by atoms with Crippen molar-refractivity contribution >= 4 is 0 Å². The van der Waals surface area contributed by atoms with E-state index in [9.17, 15) is 0 Å². The van der Waals surface area contributed by atoms with Crippen molar-refractivity contribution in [3.05, 3.63) is 0 Å². The number of aliphatic hydroxyl groups excluding tert-OH is 1. The molecule has 0 bridgehead atoms. The number of aliphatic hydroxyl groups is 1. The van der Waals surface area contributed by atoms with E-state index in [1.165, 1.54) is 57.8 Å². The highest BCUT2D eigenvalue weighted by Gasteiger charge is 2.05. The van der Waals surface area contributed by atoms with Gasteiger partial charge in [0.15, 0.2) is 0 Å². The molecule has 0 heterocycles. The molecule has 3 nitrogen and oxygen atoms in total. The molecule has 0 amide bonds. The van der Waals surface area contributed by atoms with E-state index in [-0.39, 0.29) is 12.7 Å².